The van der Waals surface area contributed by atoms with Crippen LogP contribution in [-0.4, -0.2) is 24.1 Å². The van der Waals surface area contributed by atoms with Gasteiger partial charge >= 0.3 is 5.97 Å². The molecule has 1 atom stereocenters. The summed E-state index contributed by atoms with van der Waals surface area (Å²) in [6, 6.07) is 5.25. The third-order valence-electron chi connectivity index (χ3n) is 2.59. The number of methoxy groups -OCH3 is 1. The van der Waals surface area contributed by atoms with E-state index < -0.39 is 11.9 Å². The van der Waals surface area contributed by atoms with Gasteiger partial charge in [-0.2, -0.15) is 0 Å². The van der Waals surface area contributed by atoms with Gasteiger partial charge in [0.15, 0.2) is 0 Å². The second kappa shape index (κ2) is 6.05. The first kappa shape index (κ1) is 14.0. The lowest BCUT2D eigenvalue weighted by Crippen LogP contribution is -2.20. The summed E-state index contributed by atoms with van der Waals surface area (Å²) in [6.07, 6.45) is -0.0413. The number of hydrogen-bond donors (Lipinski definition) is 2. The van der Waals surface area contributed by atoms with E-state index in [9.17, 15) is 9.59 Å². The van der Waals surface area contributed by atoms with Crippen LogP contribution in [0.25, 0.3) is 0 Å². The monoisotopic (exact) mass is 251 g/mol. The van der Waals surface area contributed by atoms with Crippen LogP contribution in [0, 0.1) is 12.8 Å². The molecule has 1 aromatic rings. The van der Waals surface area contributed by atoms with E-state index in [-0.39, 0.29) is 12.3 Å². The van der Waals surface area contributed by atoms with Gasteiger partial charge in [-0.3, -0.25) is 9.59 Å². The first-order valence-electron chi connectivity index (χ1n) is 5.61. The highest BCUT2D eigenvalue weighted by molar-refractivity contribution is 5.93. The number of carbonyl (C=O) groups excluding carboxylic acids is 1. The zero-order valence-corrected chi connectivity index (χ0v) is 10.7. The Morgan fingerprint density at radius 1 is 1.44 bits per heavy atom. The summed E-state index contributed by atoms with van der Waals surface area (Å²) in [7, 11) is 1.58. The molecule has 2 N–H and O–H groups in total. The van der Waals surface area contributed by atoms with Crippen LogP contribution >= 0.6 is 0 Å². The van der Waals surface area contributed by atoms with Gasteiger partial charge in [0.25, 0.3) is 0 Å². The van der Waals surface area contributed by atoms with Gasteiger partial charge in [0, 0.05) is 12.1 Å². The van der Waals surface area contributed by atoms with E-state index in [4.69, 9.17) is 9.84 Å². The second-order valence-electron chi connectivity index (χ2n) is 4.18. The molecule has 0 fully saturated rings. The van der Waals surface area contributed by atoms with Gasteiger partial charge in [-0.05, 0) is 30.7 Å². The molecule has 1 unspecified atom stereocenters. The number of carbonyl (C=O) groups is 2. The zero-order valence-electron chi connectivity index (χ0n) is 10.7. The largest absolute Gasteiger partial charge is 0.496 e. The first-order valence-corrected chi connectivity index (χ1v) is 5.61. The quantitative estimate of drug-likeness (QED) is 0.839. The predicted octanol–water partition coefficient (Wildman–Crippen LogP) is 2.05. The fourth-order valence-corrected chi connectivity index (χ4v) is 1.53. The maximum Gasteiger partial charge on any atom is 0.306 e. The van der Waals surface area contributed by atoms with Gasteiger partial charge in [0.05, 0.1) is 13.0 Å². The highest BCUT2D eigenvalue weighted by Gasteiger charge is 2.15. The number of ether oxygens (including phenoxy) is 1. The van der Waals surface area contributed by atoms with Crippen molar-refractivity contribution in [2.24, 2.45) is 5.92 Å². The lowest BCUT2D eigenvalue weighted by Gasteiger charge is -2.10. The van der Waals surface area contributed by atoms with Crippen molar-refractivity contribution < 1.29 is 19.4 Å². The number of carboxylic acid groups (broad SMARTS) is 1. The fraction of sp³-hybridized carbons (Fsp3) is 0.385. The van der Waals surface area contributed by atoms with Crippen molar-refractivity contribution in [3.63, 3.8) is 0 Å². The minimum atomic E-state index is -0.976. The van der Waals surface area contributed by atoms with Gasteiger partial charge in [0.1, 0.15) is 5.75 Å². The number of rotatable bonds is 5. The van der Waals surface area contributed by atoms with Crippen LogP contribution in [0.15, 0.2) is 18.2 Å². The number of aryl methyl sites for hydroxylation is 1. The maximum absolute atomic E-state index is 11.6. The average molecular weight is 251 g/mol. The van der Waals surface area contributed by atoms with Crippen LogP contribution in [0.5, 0.6) is 5.75 Å². The van der Waals surface area contributed by atoms with Crippen LogP contribution in [-0.2, 0) is 9.59 Å². The Hall–Kier alpha value is -2.04. The number of benzene rings is 1. The van der Waals surface area contributed by atoms with Crippen LogP contribution < -0.4 is 10.1 Å². The summed E-state index contributed by atoms with van der Waals surface area (Å²) in [5, 5.41) is 11.4. The molecule has 5 heteroatoms. The molecular weight excluding hydrogens is 234 g/mol. The number of nitrogens with one attached hydrogen (secondary N) is 1. The standard InChI is InChI=1S/C13H17NO4/c1-8-6-10(4-5-11(8)18-3)14-12(15)7-9(2)13(16)17/h4-6,9H,7H2,1-3H3,(H,14,15)(H,16,17). The molecule has 0 heterocycles. The van der Waals surface area contributed by atoms with E-state index in [1.807, 2.05) is 6.92 Å². The third-order valence-corrected chi connectivity index (χ3v) is 2.59. The van der Waals surface area contributed by atoms with Crippen molar-refractivity contribution >= 4 is 17.6 Å². The summed E-state index contributed by atoms with van der Waals surface area (Å²) in [4.78, 5) is 22.2. The van der Waals surface area contributed by atoms with Crippen molar-refractivity contribution in [2.45, 2.75) is 20.3 Å². The molecule has 0 bridgehead atoms. The molecule has 5 nitrogen and oxygen atoms in total. The SMILES string of the molecule is COc1ccc(NC(=O)CC(C)C(=O)O)cc1C. The Labute approximate surface area is 106 Å². The molecule has 1 aromatic carbocycles. The summed E-state index contributed by atoms with van der Waals surface area (Å²) in [5.41, 5.74) is 1.54. The molecule has 0 radical (unpaired) electrons. The van der Waals surface area contributed by atoms with E-state index in [0.29, 0.717) is 5.69 Å². The molecule has 0 aliphatic carbocycles. The van der Waals surface area contributed by atoms with Gasteiger partial charge < -0.3 is 15.2 Å². The third kappa shape index (κ3) is 3.76. The molecule has 1 rings (SSSR count). The van der Waals surface area contributed by atoms with Crippen molar-refractivity contribution in [1.82, 2.24) is 0 Å². The first-order chi connectivity index (χ1) is 8.43. The Morgan fingerprint density at radius 3 is 2.61 bits per heavy atom. The lowest BCUT2D eigenvalue weighted by atomic mass is 10.1. The van der Waals surface area contributed by atoms with Crippen LogP contribution in [0.3, 0.4) is 0 Å². The molecule has 0 aliphatic heterocycles. The summed E-state index contributed by atoms with van der Waals surface area (Å²) in [5.74, 6) is -1.23. The van der Waals surface area contributed by atoms with Crippen LogP contribution in [0.2, 0.25) is 0 Å². The van der Waals surface area contributed by atoms with Crippen molar-refractivity contribution in [2.75, 3.05) is 12.4 Å². The van der Waals surface area contributed by atoms with Crippen molar-refractivity contribution in [3.8, 4) is 5.75 Å². The molecule has 98 valence electrons. The highest BCUT2D eigenvalue weighted by atomic mass is 16.5. The molecule has 0 saturated carbocycles. The number of anilines is 1. The van der Waals surface area contributed by atoms with Crippen LogP contribution in [0.1, 0.15) is 18.9 Å². The number of amides is 1. The van der Waals surface area contributed by atoms with E-state index in [0.717, 1.165) is 11.3 Å². The van der Waals surface area contributed by atoms with E-state index >= 15 is 0 Å². The maximum atomic E-state index is 11.6. The molecule has 18 heavy (non-hydrogen) atoms. The summed E-state index contributed by atoms with van der Waals surface area (Å²) < 4.78 is 5.11. The van der Waals surface area contributed by atoms with E-state index in [1.54, 1.807) is 25.3 Å². The Balaban J connectivity index is 2.65. The van der Waals surface area contributed by atoms with Gasteiger partial charge in [-0.25, -0.2) is 0 Å². The molecular formula is C13H17NO4. The minimum Gasteiger partial charge on any atom is -0.496 e. The average Bonchev–Trinajstić information content (AvgIpc) is 2.28. The molecule has 0 saturated heterocycles. The summed E-state index contributed by atoms with van der Waals surface area (Å²) in [6.45, 7) is 3.37. The fourth-order valence-electron chi connectivity index (χ4n) is 1.53. The molecule has 0 aromatic heterocycles. The number of hydrogen-bond acceptors (Lipinski definition) is 3. The van der Waals surface area contributed by atoms with Gasteiger partial charge in [-0.15, -0.1) is 0 Å². The smallest absolute Gasteiger partial charge is 0.306 e. The molecule has 0 aliphatic rings. The highest BCUT2D eigenvalue weighted by Crippen LogP contribution is 2.21. The normalized spacial score (nSPS) is 11.7. The Morgan fingerprint density at radius 2 is 2.11 bits per heavy atom. The zero-order chi connectivity index (χ0) is 13.7. The number of carboxylic acids is 1. The van der Waals surface area contributed by atoms with Gasteiger partial charge in [-0.1, -0.05) is 6.92 Å². The van der Waals surface area contributed by atoms with E-state index in [1.165, 1.54) is 6.92 Å². The summed E-state index contributed by atoms with van der Waals surface area (Å²) >= 11 is 0. The topological polar surface area (TPSA) is 75.6 Å². The second-order valence-corrected chi connectivity index (χ2v) is 4.18. The molecule has 1 amide bonds. The van der Waals surface area contributed by atoms with Crippen molar-refractivity contribution in [1.29, 1.82) is 0 Å². The molecule has 0 spiro atoms. The van der Waals surface area contributed by atoms with Crippen LogP contribution in [0.4, 0.5) is 5.69 Å². The lowest BCUT2D eigenvalue weighted by molar-refractivity contribution is -0.142. The van der Waals surface area contributed by atoms with Crippen molar-refractivity contribution in [3.05, 3.63) is 23.8 Å². The van der Waals surface area contributed by atoms with E-state index in [2.05, 4.69) is 5.32 Å². The number of aliphatic carboxylic acids is 1. The minimum absolute atomic E-state index is 0.0413. The Bertz CT molecular complexity index is 456. The predicted molar refractivity (Wildman–Crippen MR) is 67.8 cm³/mol. The van der Waals surface area contributed by atoms with Gasteiger partial charge in [0.2, 0.25) is 5.91 Å². The Kier molecular flexibility index (Phi) is 4.71.